The summed E-state index contributed by atoms with van der Waals surface area (Å²) in [7, 11) is 0. The Hall–Kier alpha value is -3.96. The van der Waals surface area contributed by atoms with Crippen molar-refractivity contribution in [1.82, 2.24) is 5.43 Å². The molecule has 0 heterocycles. The van der Waals surface area contributed by atoms with Gasteiger partial charge in [-0.2, -0.15) is 5.10 Å². The van der Waals surface area contributed by atoms with Crippen LogP contribution in [0.1, 0.15) is 52.6 Å². The van der Waals surface area contributed by atoms with E-state index in [1.807, 2.05) is 42.5 Å². The molecule has 0 atom stereocenters. The minimum atomic E-state index is -0.519. The van der Waals surface area contributed by atoms with Crippen molar-refractivity contribution < 1.29 is 14.3 Å². The molecule has 0 aliphatic rings. The summed E-state index contributed by atoms with van der Waals surface area (Å²) < 4.78 is 5.68. The Labute approximate surface area is 209 Å². The number of ether oxygens (including phenoxy) is 1. The first-order valence-electron chi connectivity index (χ1n) is 11.2. The van der Waals surface area contributed by atoms with Crippen molar-refractivity contribution in [1.29, 1.82) is 0 Å². The Morgan fingerprint density at radius 3 is 2.20 bits per heavy atom. The van der Waals surface area contributed by atoms with Crippen molar-refractivity contribution in [3.63, 3.8) is 0 Å². The van der Waals surface area contributed by atoms with Gasteiger partial charge in [-0.15, -0.1) is 0 Å². The van der Waals surface area contributed by atoms with Crippen LogP contribution in [0.25, 0.3) is 10.8 Å². The number of hydrogen-bond donors (Lipinski definition) is 1. The summed E-state index contributed by atoms with van der Waals surface area (Å²) in [5.41, 5.74) is 5.16. The van der Waals surface area contributed by atoms with E-state index in [0.717, 1.165) is 16.3 Å². The van der Waals surface area contributed by atoms with Gasteiger partial charge in [-0.05, 0) is 64.2 Å². The molecular weight excluding hydrogens is 460 g/mol. The van der Waals surface area contributed by atoms with Gasteiger partial charge in [-0.1, -0.05) is 74.8 Å². The Kier molecular flexibility index (Phi) is 6.99. The molecule has 6 heteroatoms. The smallest absolute Gasteiger partial charge is 0.343 e. The summed E-state index contributed by atoms with van der Waals surface area (Å²) in [5, 5.41) is 6.47. The zero-order valence-electron chi connectivity index (χ0n) is 19.7. The molecule has 4 aromatic carbocycles. The van der Waals surface area contributed by atoms with Gasteiger partial charge in [0.15, 0.2) is 0 Å². The maximum absolute atomic E-state index is 12.7. The topological polar surface area (TPSA) is 67.8 Å². The molecule has 0 aromatic heterocycles. The van der Waals surface area contributed by atoms with Gasteiger partial charge in [0.05, 0.1) is 11.8 Å². The lowest BCUT2D eigenvalue weighted by Crippen LogP contribution is -2.18. The standard InChI is InChI=1S/C29H25ClN2O3/c1-29(2,3)22-13-8-20(9-14-22)27(33)32-31-18-25-24-7-5-4-6-19(24)12-17-26(25)35-28(34)21-10-15-23(30)16-11-21/h4-18H,1-3H3,(H,32,33)/b31-18-. The third kappa shape index (κ3) is 5.76. The van der Waals surface area contributed by atoms with Gasteiger partial charge in [0.25, 0.3) is 5.91 Å². The third-order valence-corrected chi connectivity index (χ3v) is 5.84. The first kappa shape index (κ1) is 24.2. The largest absolute Gasteiger partial charge is 0.422 e. The Balaban J connectivity index is 1.58. The monoisotopic (exact) mass is 484 g/mol. The van der Waals surface area contributed by atoms with Gasteiger partial charge in [0.2, 0.25) is 0 Å². The van der Waals surface area contributed by atoms with E-state index in [9.17, 15) is 9.59 Å². The predicted octanol–water partition coefficient (Wildman–Crippen LogP) is 6.77. The molecule has 4 aromatic rings. The van der Waals surface area contributed by atoms with Gasteiger partial charge in [-0.25, -0.2) is 10.2 Å². The fraction of sp³-hybridized carbons (Fsp3) is 0.138. The zero-order valence-corrected chi connectivity index (χ0v) is 20.5. The molecular formula is C29H25ClN2O3. The first-order chi connectivity index (χ1) is 16.7. The third-order valence-electron chi connectivity index (χ3n) is 5.59. The van der Waals surface area contributed by atoms with Crippen LogP contribution in [-0.4, -0.2) is 18.1 Å². The van der Waals surface area contributed by atoms with Crippen LogP contribution in [0, 0.1) is 0 Å². The second-order valence-corrected chi connectivity index (χ2v) is 9.56. The molecule has 1 amide bonds. The average molecular weight is 485 g/mol. The van der Waals surface area contributed by atoms with Gasteiger partial charge in [0.1, 0.15) is 5.75 Å². The average Bonchev–Trinajstić information content (AvgIpc) is 2.85. The van der Waals surface area contributed by atoms with E-state index in [2.05, 4.69) is 31.3 Å². The summed E-state index contributed by atoms with van der Waals surface area (Å²) in [4.78, 5) is 25.3. The first-order valence-corrected chi connectivity index (χ1v) is 11.5. The molecule has 0 spiro atoms. The molecule has 5 nitrogen and oxygen atoms in total. The molecule has 0 unspecified atom stereocenters. The number of nitrogens with one attached hydrogen (secondary N) is 1. The number of rotatable bonds is 5. The molecule has 0 bridgehead atoms. The van der Waals surface area contributed by atoms with E-state index in [4.69, 9.17) is 16.3 Å². The number of hydrogen-bond acceptors (Lipinski definition) is 4. The molecule has 35 heavy (non-hydrogen) atoms. The van der Waals surface area contributed by atoms with E-state index in [0.29, 0.717) is 27.5 Å². The Bertz CT molecular complexity index is 1400. The SMILES string of the molecule is CC(C)(C)c1ccc(C(=O)N/N=C\c2c(OC(=O)c3ccc(Cl)cc3)ccc3ccccc23)cc1. The van der Waals surface area contributed by atoms with Crippen LogP contribution in [0.2, 0.25) is 5.02 Å². The number of carbonyl (C=O) groups is 2. The molecule has 4 rings (SSSR count). The number of benzene rings is 4. The van der Waals surface area contributed by atoms with Crippen molar-refractivity contribution >= 4 is 40.5 Å². The lowest BCUT2D eigenvalue weighted by atomic mass is 9.87. The van der Waals surface area contributed by atoms with E-state index in [1.165, 1.54) is 6.21 Å². The lowest BCUT2D eigenvalue weighted by molar-refractivity contribution is 0.0734. The van der Waals surface area contributed by atoms with Gasteiger partial charge < -0.3 is 4.74 Å². The minimum absolute atomic E-state index is 0.00136. The number of carbonyl (C=O) groups excluding carboxylic acids is 2. The lowest BCUT2D eigenvalue weighted by Gasteiger charge is -2.18. The van der Waals surface area contributed by atoms with E-state index < -0.39 is 5.97 Å². The summed E-state index contributed by atoms with van der Waals surface area (Å²) in [6.07, 6.45) is 1.49. The van der Waals surface area contributed by atoms with Crippen LogP contribution in [0.3, 0.4) is 0 Å². The second kappa shape index (κ2) is 10.1. The van der Waals surface area contributed by atoms with Crippen molar-refractivity contribution in [2.24, 2.45) is 5.10 Å². The Morgan fingerprint density at radius 2 is 1.51 bits per heavy atom. The van der Waals surface area contributed by atoms with Crippen molar-refractivity contribution in [2.75, 3.05) is 0 Å². The minimum Gasteiger partial charge on any atom is -0.422 e. The number of fused-ring (bicyclic) bond motifs is 1. The second-order valence-electron chi connectivity index (χ2n) is 9.12. The van der Waals surface area contributed by atoms with Gasteiger partial charge >= 0.3 is 5.97 Å². The highest BCUT2D eigenvalue weighted by Gasteiger charge is 2.15. The Morgan fingerprint density at radius 1 is 0.857 bits per heavy atom. The zero-order chi connectivity index (χ0) is 25.0. The maximum Gasteiger partial charge on any atom is 0.343 e. The maximum atomic E-state index is 12.7. The van der Waals surface area contributed by atoms with E-state index in [1.54, 1.807) is 42.5 Å². The molecule has 0 saturated heterocycles. The highest BCUT2D eigenvalue weighted by atomic mass is 35.5. The van der Waals surface area contributed by atoms with Crippen LogP contribution >= 0.6 is 11.6 Å². The van der Waals surface area contributed by atoms with Crippen LogP contribution in [0.15, 0.2) is 90.0 Å². The fourth-order valence-corrected chi connectivity index (χ4v) is 3.71. The molecule has 1 N–H and O–H groups in total. The van der Waals surface area contributed by atoms with Gasteiger partial charge in [-0.3, -0.25) is 4.79 Å². The molecule has 0 radical (unpaired) electrons. The van der Waals surface area contributed by atoms with Crippen LogP contribution in [-0.2, 0) is 5.41 Å². The molecule has 0 saturated carbocycles. The van der Waals surface area contributed by atoms with Crippen molar-refractivity contribution in [3.8, 4) is 5.75 Å². The van der Waals surface area contributed by atoms with Crippen LogP contribution in [0.5, 0.6) is 5.75 Å². The number of esters is 1. The summed E-state index contributed by atoms with van der Waals surface area (Å²) in [5.74, 6) is -0.521. The molecule has 0 aliphatic heterocycles. The molecule has 176 valence electrons. The number of amides is 1. The normalized spacial score (nSPS) is 11.5. The number of nitrogens with zero attached hydrogens (tertiary/aromatic N) is 1. The number of hydrazone groups is 1. The summed E-state index contributed by atoms with van der Waals surface area (Å²) >= 11 is 5.92. The van der Waals surface area contributed by atoms with Crippen molar-refractivity contribution in [3.05, 3.63) is 112 Å². The van der Waals surface area contributed by atoms with E-state index >= 15 is 0 Å². The highest BCUT2D eigenvalue weighted by Crippen LogP contribution is 2.28. The molecule has 0 fully saturated rings. The quantitative estimate of drug-likeness (QED) is 0.147. The summed E-state index contributed by atoms with van der Waals surface area (Å²) in [6.45, 7) is 6.36. The highest BCUT2D eigenvalue weighted by molar-refractivity contribution is 6.30. The predicted molar refractivity (Wildman–Crippen MR) is 141 cm³/mol. The summed E-state index contributed by atoms with van der Waals surface area (Å²) in [6, 6.07) is 25.2. The van der Waals surface area contributed by atoms with Gasteiger partial charge in [0, 0.05) is 16.1 Å². The van der Waals surface area contributed by atoms with Crippen LogP contribution < -0.4 is 10.2 Å². The van der Waals surface area contributed by atoms with E-state index in [-0.39, 0.29) is 11.3 Å². The van der Waals surface area contributed by atoms with Crippen LogP contribution in [0.4, 0.5) is 0 Å². The molecule has 0 aliphatic carbocycles. The fourth-order valence-electron chi connectivity index (χ4n) is 3.58. The number of halogens is 1. The van der Waals surface area contributed by atoms with Crippen molar-refractivity contribution in [2.45, 2.75) is 26.2 Å².